The SMILES string of the molecule is Cc1ccccc1NC(=O)CCN1C(=S)NC(c2ccccn2)C1c1ccc(-c2ccc(F)cc2Br)o1. The molecule has 2 atom stereocenters. The molecule has 0 spiro atoms. The van der Waals surface area contributed by atoms with Crippen molar-refractivity contribution >= 4 is 44.9 Å². The fourth-order valence-corrected chi connectivity index (χ4v) is 5.33. The van der Waals surface area contributed by atoms with Gasteiger partial charge in [-0.3, -0.25) is 9.78 Å². The van der Waals surface area contributed by atoms with Crippen LogP contribution in [-0.4, -0.2) is 27.4 Å². The number of hydrogen-bond donors (Lipinski definition) is 2. The first kappa shape index (κ1) is 25.1. The smallest absolute Gasteiger partial charge is 0.226 e. The van der Waals surface area contributed by atoms with E-state index in [0.717, 1.165) is 22.5 Å². The van der Waals surface area contributed by atoms with Crippen LogP contribution in [0.3, 0.4) is 0 Å². The zero-order valence-corrected chi connectivity index (χ0v) is 22.4. The first-order valence-electron chi connectivity index (χ1n) is 11.8. The van der Waals surface area contributed by atoms with Crippen molar-refractivity contribution in [2.75, 3.05) is 11.9 Å². The molecule has 2 aromatic carbocycles. The van der Waals surface area contributed by atoms with Gasteiger partial charge in [0, 0.05) is 34.9 Å². The number of para-hydroxylation sites is 1. The lowest BCUT2D eigenvalue weighted by Gasteiger charge is -2.26. The lowest BCUT2D eigenvalue weighted by molar-refractivity contribution is -0.116. The summed E-state index contributed by atoms with van der Waals surface area (Å²) in [4.78, 5) is 19.3. The Hall–Kier alpha value is -3.56. The molecule has 0 bridgehead atoms. The van der Waals surface area contributed by atoms with E-state index in [1.807, 2.05) is 66.4 Å². The Morgan fingerprint density at radius 1 is 1.16 bits per heavy atom. The minimum Gasteiger partial charge on any atom is -0.459 e. The van der Waals surface area contributed by atoms with Crippen molar-refractivity contribution in [3.63, 3.8) is 0 Å². The molecule has 6 nitrogen and oxygen atoms in total. The van der Waals surface area contributed by atoms with E-state index in [1.165, 1.54) is 12.1 Å². The number of amides is 1. The fourth-order valence-electron chi connectivity index (χ4n) is 4.45. The maximum Gasteiger partial charge on any atom is 0.226 e. The number of anilines is 1. The second-order valence-corrected chi connectivity index (χ2v) is 10.0. The normalized spacial score (nSPS) is 17.1. The molecule has 188 valence electrons. The molecule has 1 aliphatic heterocycles. The highest BCUT2D eigenvalue weighted by Crippen LogP contribution is 2.41. The average molecular weight is 579 g/mol. The van der Waals surface area contributed by atoms with Gasteiger partial charge < -0.3 is 20.0 Å². The van der Waals surface area contributed by atoms with Crippen LogP contribution in [0.15, 0.2) is 87.9 Å². The van der Waals surface area contributed by atoms with E-state index in [-0.39, 0.29) is 30.2 Å². The van der Waals surface area contributed by atoms with Gasteiger partial charge in [0.2, 0.25) is 5.91 Å². The Bertz CT molecular complexity index is 1450. The molecule has 1 fully saturated rings. The molecule has 2 aromatic heterocycles. The zero-order valence-electron chi connectivity index (χ0n) is 19.9. The zero-order chi connectivity index (χ0) is 25.9. The van der Waals surface area contributed by atoms with Gasteiger partial charge in [-0.25, -0.2) is 4.39 Å². The van der Waals surface area contributed by atoms with Gasteiger partial charge in [-0.2, -0.15) is 0 Å². The molecule has 37 heavy (non-hydrogen) atoms. The number of furan rings is 1. The topological polar surface area (TPSA) is 70.4 Å². The number of carbonyl (C=O) groups excluding carboxylic acids is 1. The molecule has 2 N–H and O–H groups in total. The van der Waals surface area contributed by atoms with Crippen LogP contribution in [0, 0.1) is 12.7 Å². The summed E-state index contributed by atoms with van der Waals surface area (Å²) in [6.45, 7) is 2.34. The summed E-state index contributed by atoms with van der Waals surface area (Å²) in [6.07, 6.45) is 1.97. The molecule has 4 aromatic rings. The summed E-state index contributed by atoms with van der Waals surface area (Å²) in [7, 11) is 0. The number of aromatic nitrogens is 1. The van der Waals surface area contributed by atoms with Gasteiger partial charge in [-0.15, -0.1) is 0 Å². The van der Waals surface area contributed by atoms with Crippen LogP contribution in [0.4, 0.5) is 10.1 Å². The monoisotopic (exact) mass is 578 g/mol. The summed E-state index contributed by atoms with van der Waals surface area (Å²) >= 11 is 9.12. The predicted molar refractivity (Wildman–Crippen MR) is 148 cm³/mol. The van der Waals surface area contributed by atoms with Gasteiger partial charge >= 0.3 is 0 Å². The van der Waals surface area contributed by atoms with Crippen LogP contribution in [0.2, 0.25) is 0 Å². The standard InChI is InChI=1S/C28H24BrFN4O2S/c1-17-6-2-3-7-21(17)32-25(35)13-15-34-27(26(33-28(34)37)22-8-4-5-14-31-22)24-12-11-23(36-24)19-10-9-18(30)16-20(19)29/h2-12,14,16,26-27H,13,15H2,1H3,(H,32,35)(H,33,37). The number of nitrogens with zero attached hydrogens (tertiary/aromatic N) is 2. The summed E-state index contributed by atoms with van der Waals surface area (Å²) in [6, 6.07) is 21.0. The number of halogens is 2. The molecule has 9 heteroatoms. The second-order valence-electron chi connectivity index (χ2n) is 8.76. The van der Waals surface area contributed by atoms with Gasteiger partial charge in [-0.05, 0) is 89.2 Å². The van der Waals surface area contributed by atoms with E-state index < -0.39 is 0 Å². The summed E-state index contributed by atoms with van der Waals surface area (Å²) in [5.41, 5.74) is 3.33. The van der Waals surface area contributed by atoms with Crippen LogP contribution in [0.25, 0.3) is 11.3 Å². The Kier molecular flexibility index (Phi) is 7.34. The Labute approximate surface area is 228 Å². The third-order valence-electron chi connectivity index (χ3n) is 6.31. The lowest BCUT2D eigenvalue weighted by Crippen LogP contribution is -2.32. The number of aryl methyl sites for hydroxylation is 1. The van der Waals surface area contributed by atoms with E-state index >= 15 is 0 Å². The van der Waals surface area contributed by atoms with Crippen molar-refractivity contribution in [3.8, 4) is 11.3 Å². The largest absolute Gasteiger partial charge is 0.459 e. The van der Waals surface area contributed by atoms with Gasteiger partial charge in [0.15, 0.2) is 5.11 Å². The summed E-state index contributed by atoms with van der Waals surface area (Å²) in [5.74, 6) is 0.816. The molecule has 1 aliphatic rings. The summed E-state index contributed by atoms with van der Waals surface area (Å²) in [5, 5.41) is 6.86. The van der Waals surface area contributed by atoms with Crippen LogP contribution < -0.4 is 10.6 Å². The minimum absolute atomic E-state index is 0.104. The maximum atomic E-state index is 13.6. The fraction of sp³-hybridized carbons (Fsp3) is 0.179. The first-order chi connectivity index (χ1) is 17.9. The molecular weight excluding hydrogens is 555 g/mol. The Balaban J connectivity index is 1.42. The maximum absolute atomic E-state index is 13.6. The number of thiocarbonyl (C=S) groups is 1. The van der Waals surface area contributed by atoms with E-state index in [1.54, 1.807) is 12.3 Å². The molecule has 5 rings (SSSR count). The molecule has 0 saturated carbocycles. The van der Waals surface area contributed by atoms with Crippen molar-refractivity contribution in [1.29, 1.82) is 0 Å². The van der Waals surface area contributed by atoms with Crippen LogP contribution >= 0.6 is 28.1 Å². The molecule has 3 heterocycles. The molecule has 2 unspecified atom stereocenters. The quantitative estimate of drug-likeness (QED) is 0.242. The van der Waals surface area contributed by atoms with Crippen LogP contribution in [0.5, 0.6) is 0 Å². The Morgan fingerprint density at radius 2 is 1.97 bits per heavy atom. The van der Waals surface area contributed by atoms with Crippen molar-refractivity contribution in [2.24, 2.45) is 0 Å². The molecule has 1 amide bonds. The third-order valence-corrected chi connectivity index (χ3v) is 7.32. The highest BCUT2D eigenvalue weighted by molar-refractivity contribution is 9.10. The number of pyridine rings is 1. The first-order valence-corrected chi connectivity index (χ1v) is 13.0. The minimum atomic E-state index is -0.335. The predicted octanol–water partition coefficient (Wildman–Crippen LogP) is 6.55. The average Bonchev–Trinajstić information content (AvgIpc) is 3.49. The number of benzene rings is 2. The molecule has 0 aliphatic carbocycles. The Morgan fingerprint density at radius 3 is 2.73 bits per heavy atom. The van der Waals surface area contributed by atoms with E-state index in [0.29, 0.717) is 27.7 Å². The number of rotatable bonds is 7. The number of hydrogen-bond acceptors (Lipinski definition) is 4. The molecule has 0 radical (unpaired) electrons. The second kappa shape index (κ2) is 10.8. The lowest BCUT2D eigenvalue weighted by atomic mass is 10.0. The van der Waals surface area contributed by atoms with E-state index in [4.69, 9.17) is 16.6 Å². The van der Waals surface area contributed by atoms with Gasteiger partial charge in [0.25, 0.3) is 0 Å². The van der Waals surface area contributed by atoms with Crippen molar-refractivity contribution in [1.82, 2.24) is 15.2 Å². The highest BCUT2D eigenvalue weighted by Gasteiger charge is 2.41. The van der Waals surface area contributed by atoms with Gasteiger partial charge in [-0.1, -0.05) is 24.3 Å². The van der Waals surface area contributed by atoms with Crippen molar-refractivity contribution in [2.45, 2.75) is 25.4 Å². The third kappa shape index (κ3) is 5.42. The van der Waals surface area contributed by atoms with E-state index in [9.17, 15) is 9.18 Å². The van der Waals surface area contributed by atoms with E-state index in [2.05, 4.69) is 31.5 Å². The molecule has 1 saturated heterocycles. The number of nitrogens with one attached hydrogen (secondary N) is 2. The van der Waals surface area contributed by atoms with Crippen molar-refractivity contribution < 1.29 is 13.6 Å². The van der Waals surface area contributed by atoms with Crippen molar-refractivity contribution in [3.05, 3.63) is 106 Å². The van der Waals surface area contributed by atoms with Crippen LogP contribution in [0.1, 0.15) is 35.5 Å². The molecular formula is C28H24BrFN4O2S. The van der Waals surface area contributed by atoms with Gasteiger partial charge in [0.1, 0.15) is 23.4 Å². The number of carbonyl (C=O) groups is 1. The highest BCUT2D eigenvalue weighted by atomic mass is 79.9. The summed E-state index contributed by atoms with van der Waals surface area (Å²) < 4.78 is 20.5. The van der Waals surface area contributed by atoms with Crippen LogP contribution in [-0.2, 0) is 4.79 Å². The van der Waals surface area contributed by atoms with Gasteiger partial charge in [0.05, 0.1) is 11.7 Å².